The molecule has 0 amide bonds. The van der Waals surface area contributed by atoms with Gasteiger partial charge in [0.05, 0.1) is 0 Å². The Morgan fingerprint density at radius 3 is 1.52 bits per heavy atom. The van der Waals surface area contributed by atoms with Crippen LogP contribution in [0.25, 0.3) is 11.1 Å². The van der Waals surface area contributed by atoms with Gasteiger partial charge in [0.2, 0.25) is 0 Å². The predicted octanol–water partition coefficient (Wildman–Crippen LogP) is 15.8. The summed E-state index contributed by atoms with van der Waals surface area (Å²) in [5.74, 6) is 4.51. The minimum absolute atomic E-state index is 1.09. The molecule has 5 saturated carbocycles. The van der Waals surface area contributed by atoms with Crippen LogP contribution in [0.2, 0.25) is 0 Å². The van der Waals surface area contributed by atoms with Gasteiger partial charge in [0.15, 0.2) is 0 Å². The van der Waals surface area contributed by atoms with Crippen LogP contribution < -0.4 is 4.90 Å². The molecule has 0 heterocycles. The third-order valence-electron chi connectivity index (χ3n) is 13.3. The van der Waals surface area contributed by atoms with Crippen molar-refractivity contribution in [3.63, 3.8) is 0 Å². The van der Waals surface area contributed by atoms with Crippen LogP contribution in [0, 0.1) is 29.7 Å². The van der Waals surface area contributed by atoms with Crippen molar-refractivity contribution in [1.82, 2.24) is 0 Å². The molecule has 1 nitrogen and oxygen atoms in total. The van der Waals surface area contributed by atoms with Crippen LogP contribution in [-0.2, 0) is 18.2 Å². The number of rotatable bonds is 4. The Balaban J connectivity index is 0.000000296. The molecule has 2 aromatic rings. The summed E-state index contributed by atoms with van der Waals surface area (Å²) in [6, 6.07) is 19.7. The zero-order valence-corrected chi connectivity index (χ0v) is 36.8. The zero-order valence-electron chi connectivity index (χ0n) is 33.5. The van der Waals surface area contributed by atoms with E-state index in [1.54, 1.807) is 70.6 Å². The van der Waals surface area contributed by atoms with E-state index in [-0.39, 0.29) is 0 Å². The molecule has 5 aliphatic carbocycles. The summed E-state index contributed by atoms with van der Waals surface area (Å²) in [5, 5.41) is 0. The molecule has 0 aromatic heterocycles. The Morgan fingerprint density at radius 2 is 1.00 bits per heavy atom. The molecule has 0 aliphatic heterocycles. The van der Waals surface area contributed by atoms with Crippen LogP contribution >= 0.6 is 18.1 Å². The molecule has 0 N–H and O–H groups in total. The second-order valence-electron chi connectivity index (χ2n) is 17.5. The van der Waals surface area contributed by atoms with Gasteiger partial charge in [0.25, 0.3) is 0 Å². The van der Waals surface area contributed by atoms with E-state index in [1.165, 1.54) is 129 Å². The SMILES string of the molecule is C1CCCCCCCCCC[C@H]2CC[C@@H](CCCCCCCCCC1)C(PC1C[C@H]3CC[C@H]1C3)C2.CN(C)c1ccccc1-c1[c-]cccc1.[Cl][Pd+]. The summed E-state index contributed by atoms with van der Waals surface area (Å²) >= 11 is 2.22. The molecular formula is C48H77ClNPPd. The molecule has 3 unspecified atom stereocenters. The maximum absolute atomic E-state index is 4.49. The summed E-state index contributed by atoms with van der Waals surface area (Å²) in [5.41, 5.74) is 5.88. The van der Waals surface area contributed by atoms with Gasteiger partial charge < -0.3 is 4.90 Å². The first-order valence-electron chi connectivity index (χ1n) is 22.3. The van der Waals surface area contributed by atoms with Gasteiger partial charge in [-0.1, -0.05) is 165 Å². The molecule has 4 heteroatoms. The van der Waals surface area contributed by atoms with E-state index in [9.17, 15) is 0 Å². The van der Waals surface area contributed by atoms with E-state index in [4.69, 9.17) is 0 Å². The number of nitrogens with zero attached hydrogens (tertiary/aromatic N) is 1. The Bertz CT molecular complexity index is 1150. The van der Waals surface area contributed by atoms with E-state index in [2.05, 4.69) is 83.1 Å². The number of hydrogen-bond acceptors (Lipinski definition) is 1. The van der Waals surface area contributed by atoms with Crippen molar-refractivity contribution in [2.75, 3.05) is 19.0 Å². The molecule has 296 valence electrons. The predicted molar refractivity (Wildman–Crippen MR) is 230 cm³/mol. The van der Waals surface area contributed by atoms with Crippen molar-refractivity contribution in [2.45, 2.75) is 191 Å². The summed E-state index contributed by atoms with van der Waals surface area (Å²) in [6.07, 6.45) is 43.2. The molecule has 0 saturated heterocycles. The van der Waals surface area contributed by atoms with Crippen molar-refractivity contribution in [3.8, 4) is 11.1 Å². The number of fused-ring (bicyclic) bond motifs is 24. The van der Waals surface area contributed by atoms with Crippen LogP contribution in [0.3, 0.4) is 0 Å². The second-order valence-corrected chi connectivity index (χ2v) is 19.3. The van der Waals surface area contributed by atoms with Crippen LogP contribution in [0.15, 0.2) is 48.5 Å². The fourth-order valence-corrected chi connectivity index (χ4v) is 13.0. The maximum atomic E-state index is 4.49. The van der Waals surface area contributed by atoms with Gasteiger partial charge in [0, 0.05) is 19.8 Å². The quantitative estimate of drug-likeness (QED) is 0.168. The molecule has 0 spiro atoms. The Labute approximate surface area is 339 Å². The van der Waals surface area contributed by atoms with E-state index < -0.39 is 0 Å². The molecule has 5 fully saturated rings. The molecule has 4 bridgehead atoms. The van der Waals surface area contributed by atoms with Gasteiger partial charge >= 0.3 is 27.7 Å². The number of benzene rings is 2. The average molecular weight is 841 g/mol. The molecule has 2 aromatic carbocycles. The third kappa shape index (κ3) is 16.4. The van der Waals surface area contributed by atoms with E-state index >= 15 is 0 Å². The monoisotopic (exact) mass is 839 g/mol. The summed E-state index contributed by atoms with van der Waals surface area (Å²) in [7, 11) is 9.94. The van der Waals surface area contributed by atoms with Crippen molar-refractivity contribution in [1.29, 1.82) is 0 Å². The zero-order chi connectivity index (χ0) is 36.6. The average Bonchev–Trinajstić information content (AvgIpc) is 3.81. The van der Waals surface area contributed by atoms with Crippen molar-refractivity contribution >= 4 is 23.8 Å². The van der Waals surface area contributed by atoms with Crippen molar-refractivity contribution in [2.24, 2.45) is 23.7 Å². The molecule has 7 rings (SSSR count). The standard InChI is InChI=1S/C34H63P.C14H14N.ClH.Pd/c1-2-4-6-8-10-12-14-16-18-20-29-22-24-31(21-19-17-15-13-11-9-7-5-3-1)33(27-29)35-34-28-30-23-25-32(34)26-30;1-15(2)14-11-7-6-10-13(14)12-8-4-3-5-9-12;;/h29-35H,1-28H2;3-8,10-11H,1-2H3;1H;/q;-1;;+2/p-1/t29-,30-,31+,32-,33?,34?;;;/m0.../s1. The molecular weight excluding hydrogens is 763 g/mol. The first-order chi connectivity index (χ1) is 25.7. The minimum atomic E-state index is 1.09. The fourth-order valence-electron chi connectivity index (χ4n) is 10.4. The number of para-hydroxylation sites is 1. The normalized spacial score (nSPS) is 28.9. The summed E-state index contributed by atoms with van der Waals surface area (Å²) in [4.78, 5) is 2.12. The first kappa shape index (κ1) is 44.3. The summed E-state index contributed by atoms with van der Waals surface area (Å²) < 4.78 is 0. The van der Waals surface area contributed by atoms with Gasteiger partial charge in [-0.3, -0.25) is 0 Å². The van der Waals surface area contributed by atoms with E-state index in [0.717, 1.165) is 40.6 Å². The molecule has 5 aliphatic rings. The van der Waals surface area contributed by atoms with Gasteiger partial charge in [0.1, 0.15) is 0 Å². The Morgan fingerprint density at radius 1 is 0.519 bits per heavy atom. The number of anilines is 1. The Kier molecular flexibility index (Phi) is 23.2. The van der Waals surface area contributed by atoms with Crippen LogP contribution in [0.5, 0.6) is 0 Å². The molecule has 7 atom stereocenters. The first-order valence-corrected chi connectivity index (χ1v) is 25.4. The van der Waals surface area contributed by atoms with Gasteiger partial charge in [-0.2, -0.15) is 0 Å². The Hall–Kier alpha value is -0.378. The molecule has 0 radical (unpaired) electrons. The number of hydrogen-bond donors (Lipinski definition) is 0. The van der Waals surface area contributed by atoms with Crippen LogP contribution in [0.1, 0.15) is 180 Å². The van der Waals surface area contributed by atoms with Gasteiger partial charge in [-0.05, 0) is 79.6 Å². The molecule has 52 heavy (non-hydrogen) atoms. The van der Waals surface area contributed by atoms with E-state index in [0.29, 0.717) is 0 Å². The van der Waals surface area contributed by atoms with Crippen molar-refractivity contribution in [3.05, 3.63) is 54.6 Å². The summed E-state index contributed by atoms with van der Waals surface area (Å²) in [6.45, 7) is 0. The van der Waals surface area contributed by atoms with Gasteiger partial charge in [-0.25, -0.2) is 0 Å². The van der Waals surface area contributed by atoms with E-state index in [1.807, 2.05) is 18.2 Å². The third-order valence-corrected chi connectivity index (χ3v) is 15.6. The topological polar surface area (TPSA) is 3.24 Å². The number of halogens is 1. The van der Waals surface area contributed by atoms with Crippen LogP contribution in [0.4, 0.5) is 5.69 Å². The van der Waals surface area contributed by atoms with Gasteiger partial charge in [-0.15, -0.1) is 44.5 Å². The van der Waals surface area contributed by atoms with Crippen LogP contribution in [-0.4, -0.2) is 25.4 Å². The fraction of sp³-hybridized carbons (Fsp3) is 0.750. The second kappa shape index (κ2) is 27.3. The van der Waals surface area contributed by atoms with Crippen molar-refractivity contribution < 1.29 is 18.2 Å².